The SMILES string of the molecule is CCNC(=NCCC(CC)N1CCCC1=O)N(C)Cc1csc(C(C)OC)n1.I. The normalized spacial score (nSPS) is 16.5. The van der Waals surface area contributed by atoms with Crippen LogP contribution in [-0.4, -0.2) is 66.5 Å². The number of amides is 1. The van der Waals surface area contributed by atoms with Gasteiger partial charge in [0.1, 0.15) is 11.1 Å². The smallest absolute Gasteiger partial charge is 0.222 e. The molecule has 0 aliphatic carbocycles. The fourth-order valence-electron chi connectivity index (χ4n) is 3.43. The quantitative estimate of drug-likeness (QED) is 0.280. The molecule has 1 aliphatic rings. The van der Waals surface area contributed by atoms with E-state index in [9.17, 15) is 4.79 Å². The van der Waals surface area contributed by atoms with E-state index < -0.39 is 0 Å². The number of methoxy groups -OCH3 is 1. The Hall–Kier alpha value is -0.940. The Balaban J connectivity index is 0.00000420. The van der Waals surface area contributed by atoms with Gasteiger partial charge in [0.15, 0.2) is 5.96 Å². The summed E-state index contributed by atoms with van der Waals surface area (Å²) in [6.07, 6.45) is 3.58. The maximum Gasteiger partial charge on any atom is 0.222 e. The topological polar surface area (TPSA) is 70.1 Å². The molecule has 2 unspecified atom stereocenters. The minimum atomic E-state index is 0. The average Bonchev–Trinajstić information content (AvgIpc) is 3.33. The van der Waals surface area contributed by atoms with Gasteiger partial charge in [-0.05, 0) is 33.1 Å². The zero-order valence-electron chi connectivity index (χ0n) is 18.3. The van der Waals surface area contributed by atoms with Gasteiger partial charge in [0.05, 0.1) is 12.2 Å². The van der Waals surface area contributed by atoms with Crippen LogP contribution in [0.5, 0.6) is 0 Å². The second kappa shape index (κ2) is 13.4. The lowest BCUT2D eigenvalue weighted by atomic mass is 10.1. The third-order valence-electron chi connectivity index (χ3n) is 5.11. The molecule has 9 heteroatoms. The van der Waals surface area contributed by atoms with Gasteiger partial charge in [-0.25, -0.2) is 4.98 Å². The molecule has 2 atom stereocenters. The molecule has 1 N–H and O–H groups in total. The van der Waals surface area contributed by atoms with Gasteiger partial charge in [0, 0.05) is 51.6 Å². The van der Waals surface area contributed by atoms with E-state index >= 15 is 0 Å². The highest BCUT2D eigenvalue weighted by Gasteiger charge is 2.26. The van der Waals surface area contributed by atoms with Crippen LogP contribution in [0, 0.1) is 0 Å². The third-order valence-corrected chi connectivity index (χ3v) is 6.17. The molecule has 0 aromatic carbocycles. The van der Waals surface area contributed by atoms with E-state index in [1.807, 2.05) is 18.9 Å². The largest absolute Gasteiger partial charge is 0.375 e. The Kier molecular flexibility index (Phi) is 12.0. The molecule has 0 bridgehead atoms. The van der Waals surface area contributed by atoms with E-state index in [1.165, 1.54) is 0 Å². The van der Waals surface area contributed by atoms with E-state index in [2.05, 4.69) is 34.4 Å². The minimum absolute atomic E-state index is 0. The summed E-state index contributed by atoms with van der Waals surface area (Å²) in [7, 11) is 3.73. The Labute approximate surface area is 196 Å². The lowest BCUT2D eigenvalue weighted by Gasteiger charge is -2.27. The molecule has 7 nitrogen and oxygen atoms in total. The molecule has 1 aliphatic heterocycles. The van der Waals surface area contributed by atoms with Crippen LogP contribution < -0.4 is 5.32 Å². The Bertz CT molecular complexity index is 655. The molecule has 1 aromatic rings. The van der Waals surface area contributed by atoms with Crippen LogP contribution in [0.25, 0.3) is 0 Å². The lowest BCUT2D eigenvalue weighted by molar-refractivity contribution is -0.129. The number of rotatable bonds is 10. The number of nitrogens with zero attached hydrogens (tertiary/aromatic N) is 4. The monoisotopic (exact) mass is 537 g/mol. The molecule has 2 heterocycles. The molecule has 0 saturated carbocycles. The first-order chi connectivity index (χ1) is 13.5. The summed E-state index contributed by atoms with van der Waals surface area (Å²) >= 11 is 1.63. The minimum Gasteiger partial charge on any atom is -0.375 e. The summed E-state index contributed by atoms with van der Waals surface area (Å²) in [6.45, 7) is 9.34. The number of hydrogen-bond acceptors (Lipinski definition) is 5. The van der Waals surface area contributed by atoms with Crippen molar-refractivity contribution >= 4 is 47.2 Å². The summed E-state index contributed by atoms with van der Waals surface area (Å²) in [5.41, 5.74) is 1.02. The molecule has 1 amide bonds. The van der Waals surface area contributed by atoms with Crippen molar-refractivity contribution in [3.05, 3.63) is 16.1 Å². The van der Waals surface area contributed by atoms with E-state index in [-0.39, 0.29) is 30.1 Å². The van der Waals surface area contributed by atoms with Crippen molar-refractivity contribution in [1.82, 2.24) is 20.1 Å². The number of ether oxygens (including phenoxy) is 1. The molecule has 1 aromatic heterocycles. The molecule has 2 rings (SSSR count). The van der Waals surface area contributed by atoms with Crippen molar-refractivity contribution in [3.63, 3.8) is 0 Å². The van der Waals surface area contributed by atoms with Gasteiger partial charge in [-0.2, -0.15) is 0 Å². The first-order valence-electron chi connectivity index (χ1n) is 10.3. The maximum atomic E-state index is 12.0. The molecule has 0 spiro atoms. The number of likely N-dealkylation sites (tertiary alicyclic amines) is 1. The fourth-order valence-corrected chi connectivity index (χ4v) is 4.27. The summed E-state index contributed by atoms with van der Waals surface area (Å²) < 4.78 is 5.35. The number of halogens is 1. The first-order valence-corrected chi connectivity index (χ1v) is 11.1. The van der Waals surface area contributed by atoms with Crippen LogP contribution in [0.2, 0.25) is 0 Å². The highest BCUT2D eigenvalue weighted by Crippen LogP contribution is 2.21. The zero-order chi connectivity index (χ0) is 20.5. The maximum absolute atomic E-state index is 12.0. The lowest BCUT2D eigenvalue weighted by Crippen LogP contribution is -2.39. The number of aromatic nitrogens is 1. The number of carbonyl (C=O) groups excluding carboxylic acids is 1. The summed E-state index contributed by atoms with van der Waals surface area (Å²) in [5, 5.41) is 6.43. The van der Waals surface area contributed by atoms with Gasteiger partial charge in [-0.15, -0.1) is 35.3 Å². The van der Waals surface area contributed by atoms with Gasteiger partial charge in [-0.3, -0.25) is 9.79 Å². The highest BCUT2D eigenvalue weighted by atomic mass is 127. The van der Waals surface area contributed by atoms with Crippen LogP contribution >= 0.6 is 35.3 Å². The van der Waals surface area contributed by atoms with E-state index in [4.69, 9.17) is 9.73 Å². The van der Waals surface area contributed by atoms with Gasteiger partial charge in [-0.1, -0.05) is 6.92 Å². The number of nitrogens with one attached hydrogen (secondary N) is 1. The molecule has 166 valence electrons. The van der Waals surface area contributed by atoms with Crippen LogP contribution in [0.4, 0.5) is 0 Å². The standard InChI is InChI=1S/C20H35N5O2S.HI/c1-6-17(25-12-8-9-18(25)26)10-11-22-20(21-7-2)24(4)13-16-14-28-19(23-16)15(3)27-5;/h14-15,17H,6-13H2,1-5H3,(H,21,22);1H. The van der Waals surface area contributed by atoms with Gasteiger partial charge in [0.25, 0.3) is 0 Å². The zero-order valence-corrected chi connectivity index (χ0v) is 21.5. The summed E-state index contributed by atoms with van der Waals surface area (Å²) in [6, 6.07) is 0.295. The van der Waals surface area contributed by atoms with E-state index in [1.54, 1.807) is 18.4 Å². The second-order valence-corrected chi connectivity index (χ2v) is 8.08. The van der Waals surface area contributed by atoms with E-state index in [0.29, 0.717) is 31.5 Å². The highest BCUT2D eigenvalue weighted by molar-refractivity contribution is 14.0. The number of aliphatic imine (C=N–C) groups is 1. The second-order valence-electron chi connectivity index (χ2n) is 7.19. The van der Waals surface area contributed by atoms with Gasteiger partial charge in [0.2, 0.25) is 5.91 Å². The van der Waals surface area contributed by atoms with Crippen molar-refractivity contribution in [2.45, 2.75) is 65.1 Å². The summed E-state index contributed by atoms with van der Waals surface area (Å²) in [5.74, 6) is 1.17. The van der Waals surface area contributed by atoms with Crippen LogP contribution in [-0.2, 0) is 16.1 Å². The Morgan fingerprint density at radius 1 is 1.48 bits per heavy atom. The Morgan fingerprint density at radius 2 is 2.24 bits per heavy atom. The molecule has 1 saturated heterocycles. The van der Waals surface area contributed by atoms with Crippen LogP contribution in [0.15, 0.2) is 10.4 Å². The van der Waals surface area contributed by atoms with Gasteiger partial charge >= 0.3 is 0 Å². The predicted octanol–water partition coefficient (Wildman–Crippen LogP) is 3.66. The van der Waals surface area contributed by atoms with E-state index in [0.717, 1.165) is 49.0 Å². The van der Waals surface area contributed by atoms with Crippen molar-refractivity contribution in [3.8, 4) is 0 Å². The van der Waals surface area contributed by atoms with Crippen molar-refractivity contribution < 1.29 is 9.53 Å². The number of guanidine groups is 1. The molecular weight excluding hydrogens is 501 g/mol. The van der Waals surface area contributed by atoms with Crippen molar-refractivity contribution in [2.24, 2.45) is 4.99 Å². The van der Waals surface area contributed by atoms with Crippen LogP contribution in [0.1, 0.15) is 63.3 Å². The van der Waals surface area contributed by atoms with Crippen molar-refractivity contribution in [2.75, 3.05) is 33.8 Å². The average molecular weight is 538 g/mol. The van der Waals surface area contributed by atoms with Gasteiger partial charge < -0.3 is 19.9 Å². The molecule has 0 radical (unpaired) electrons. The molecule has 1 fully saturated rings. The number of thiazole rings is 1. The first kappa shape index (κ1) is 26.1. The number of hydrogen-bond donors (Lipinski definition) is 1. The Morgan fingerprint density at radius 3 is 2.83 bits per heavy atom. The summed E-state index contributed by atoms with van der Waals surface area (Å²) in [4.78, 5) is 25.6. The predicted molar refractivity (Wildman–Crippen MR) is 130 cm³/mol. The molecular formula is C20H36IN5O2S. The molecule has 29 heavy (non-hydrogen) atoms. The van der Waals surface area contributed by atoms with Crippen LogP contribution in [0.3, 0.4) is 0 Å². The number of carbonyl (C=O) groups is 1. The third kappa shape index (κ3) is 7.67. The van der Waals surface area contributed by atoms with Crippen molar-refractivity contribution in [1.29, 1.82) is 0 Å². The fraction of sp³-hybridized carbons (Fsp3) is 0.750.